The van der Waals surface area contributed by atoms with E-state index in [1.807, 2.05) is 6.07 Å². The van der Waals surface area contributed by atoms with Gasteiger partial charge in [-0.2, -0.15) is 0 Å². The topological polar surface area (TPSA) is 58.2 Å². The molecule has 126 valence electrons. The SMILES string of the molecule is O=C(CCNC(=O)c1ccc(Br)cc1)NCCc1cccc(F)c1. The molecule has 0 saturated heterocycles. The number of amides is 2. The van der Waals surface area contributed by atoms with E-state index in [0.29, 0.717) is 18.5 Å². The van der Waals surface area contributed by atoms with Gasteiger partial charge in [-0.3, -0.25) is 9.59 Å². The number of hydrogen-bond acceptors (Lipinski definition) is 2. The smallest absolute Gasteiger partial charge is 0.251 e. The third-order valence-corrected chi connectivity index (χ3v) is 3.90. The molecule has 0 unspecified atom stereocenters. The Kier molecular flexibility index (Phi) is 6.93. The van der Waals surface area contributed by atoms with Gasteiger partial charge < -0.3 is 10.6 Å². The standard InChI is InChI=1S/C18H18BrFN2O2/c19-15-6-4-14(5-7-15)18(24)22-11-9-17(23)21-10-8-13-2-1-3-16(20)12-13/h1-7,12H,8-11H2,(H,21,23)(H,22,24). The summed E-state index contributed by atoms with van der Waals surface area (Å²) in [6.07, 6.45) is 0.764. The van der Waals surface area contributed by atoms with Crippen molar-refractivity contribution in [3.63, 3.8) is 0 Å². The Bertz CT molecular complexity index is 704. The van der Waals surface area contributed by atoms with E-state index in [-0.39, 0.29) is 30.6 Å². The summed E-state index contributed by atoms with van der Waals surface area (Å²) in [4.78, 5) is 23.6. The van der Waals surface area contributed by atoms with Gasteiger partial charge in [-0.15, -0.1) is 0 Å². The Morgan fingerprint density at radius 3 is 2.46 bits per heavy atom. The van der Waals surface area contributed by atoms with E-state index in [4.69, 9.17) is 0 Å². The summed E-state index contributed by atoms with van der Waals surface area (Å²) in [5.74, 6) is -0.646. The van der Waals surface area contributed by atoms with Crippen LogP contribution in [0.4, 0.5) is 4.39 Å². The molecule has 2 amide bonds. The van der Waals surface area contributed by atoms with E-state index in [2.05, 4.69) is 26.6 Å². The zero-order chi connectivity index (χ0) is 17.4. The maximum absolute atomic E-state index is 13.0. The zero-order valence-electron chi connectivity index (χ0n) is 13.0. The van der Waals surface area contributed by atoms with E-state index in [9.17, 15) is 14.0 Å². The van der Waals surface area contributed by atoms with Crippen LogP contribution in [0.25, 0.3) is 0 Å². The van der Waals surface area contributed by atoms with Crippen molar-refractivity contribution < 1.29 is 14.0 Å². The summed E-state index contributed by atoms with van der Waals surface area (Å²) < 4.78 is 13.9. The lowest BCUT2D eigenvalue weighted by atomic mass is 10.1. The van der Waals surface area contributed by atoms with Crippen LogP contribution in [-0.2, 0) is 11.2 Å². The molecule has 0 atom stereocenters. The summed E-state index contributed by atoms with van der Waals surface area (Å²) in [5.41, 5.74) is 1.38. The highest BCUT2D eigenvalue weighted by molar-refractivity contribution is 9.10. The molecule has 2 aromatic carbocycles. The number of benzene rings is 2. The van der Waals surface area contributed by atoms with Gasteiger partial charge in [0.2, 0.25) is 5.91 Å². The van der Waals surface area contributed by atoms with E-state index < -0.39 is 0 Å². The molecule has 0 heterocycles. The fourth-order valence-electron chi connectivity index (χ4n) is 2.12. The second-order valence-electron chi connectivity index (χ2n) is 5.24. The van der Waals surface area contributed by atoms with Gasteiger partial charge in [0.05, 0.1) is 0 Å². The van der Waals surface area contributed by atoms with Gasteiger partial charge in [0.15, 0.2) is 0 Å². The minimum absolute atomic E-state index is 0.150. The summed E-state index contributed by atoms with van der Waals surface area (Å²) in [6.45, 7) is 0.698. The number of nitrogens with one attached hydrogen (secondary N) is 2. The molecular formula is C18H18BrFN2O2. The molecule has 0 aliphatic heterocycles. The highest BCUT2D eigenvalue weighted by Gasteiger charge is 2.06. The van der Waals surface area contributed by atoms with E-state index in [1.165, 1.54) is 12.1 Å². The van der Waals surface area contributed by atoms with Crippen molar-refractivity contribution in [2.24, 2.45) is 0 Å². The first-order valence-electron chi connectivity index (χ1n) is 7.59. The number of carbonyl (C=O) groups is 2. The first-order chi connectivity index (χ1) is 11.5. The third-order valence-electron chi connectivity index (χ3n) is 3.37. The fourth-order valence-corrected chi connectivity index (χ4v) is 2.38. The second-order valence-corrected chi connectivity index (χ2v) is 6.16. The van der Waals surface area contributed by atoms with Gasteiger partial charge >= 0.3 is 0 Å². The molecule has 4 nitrogen and oxygen atoms in total. The first kappa shape index (κ1) is 18.1. The van der Waals surface area contributed by atoms with Crippen LogP contribution in [0, 0.1) is 5.82 Å². The van der Waals surface area contributed by atoms with E-state index in [1.54, 1.807) is 30.3 Å². The molecule has 2 rings (SSSR count). The highest BCUT2D eigenvalue weighted by Crippen LogP contribution is 2.10. The monoisotopic (exact) mass is 392 g/mol. The molecule has 24 heavy (non-hydrogen) atoms. The van der Waals surface area contributed by atoms with Crippen molar-refractivity contribution >= 4 is 27.7 Å². The second kappa shape index (κ2) is 9.17. The number of carbonyl (C=O) groups excluding carboxylic acids is 2. The molecule has 6 heteroatoms. The predicted octanol–water partition coefficient (Wildman–Crippen LogP) is 3.07. The van der Waals surface area contributed by atoms with Gasteiger partial charge in [-0.05, 0) is 48.4 Å². The van der Waals surface area contributed by atoms with Crippen LogP contribution in [0.2, 0.25) is 0 Å². The Morgan fingerprint density at radius 2 is 1.75 bits per heavy atom. The molecule has 0 aromatic heterocycles. The van der Waals surface area contributed by atoms with Crippen molar-refractivity contribution in [1.82, 2.24) is 10.6 Å². The van der Waals surface area contributed by atoms with Crippen molar-refractivity contribution in [2.75, 3.05) is 13.1 Å². The van der Waals surface area contributed by atoms with Gasteiger partial charge in [-0.25, -0.2) is 4.39 Å². The molecule has 2 aromatic rings. The molecule has 2 N–H and O–H groups in total. The van der Waals surface area contributed by atoms with Gasteiger partial charge in [-0.1, -0.05) is 28.1 Å². The molecule has 0 radical (unpaired) electrons. The normalized spacial score (nSPS) is 10.2. The minimum atomic E-state index is -0.283. The van der Waals surface area contributed by atoms with Crippen molar-refractivity contribution in [3.05, 3.63) is 69.9 Å². The summed E-state index contributed by atoms with van der Waals surface area (Å²) in [7, 11) is 0. The highest BCUT2D eigenvalue weighted by atomic mass is 79.9. The van der Waals surface area contributed by atoms with Gasteiger partial charge in [0, 0.05) is 29.5 Å². The van der Waals surface area contributed by atoms with E-state index in [0.717, 1.165) is 10.0 Å². The molecule has 0 spiro atoms. The molecule has 0 aliphatic carbocycles. The van der Waals surface area contributed by atoms with Crippen LogP contribution in [0.15, 0.2) is 53.0 Å². The number of rotatable bonds is 7. The molecule has 0 bridgehead atoms. The summed E-state index contributed by atoms with van der Waals surface area (Å²) in [5, 5.41) is 5.45. The minimum Gasteiger partial charge on any atom is -0.356 e. The average Bonchev–Trinajstić information content (AvgIpc) is 2.55. The summed E-state index contributed by atoms with van der Waals surface area (Å²) in [6, 6.07) is 13.3. The Morgan fingerprint density at radius 1 is 1.00 bits per heavy atom. The lowest BCUT2D eigenvalue weighted by Crippen LogP contribution is -2.31. The summed E-state index contributed by atoms with van der Waals surface area (Å²) >= 11 is 3.31. The predicted molar refractivity (Wildman–Crippen MR) is 94.2 cm³/mol. The van der Waals surface area contributed by atoms with Crippen LogP contribution in [0.3, 0.4) is 0 Å². The molecule has 0 saturated carbocycles. The van der Waals surface area contributed by atoms with Crippen LogP contribution in [0.1, 0.15) is 22.3 Å². The lowest BCUT2D eigenvalue weighted by molar-refractivity contribution is -0.120. The fraction of sp³-hybridized carbons (Fsp3) is 0.222. The molecule has 0 aliphatic rings. The first-order valence-corrected chi connectivity index (χ1v) is 8.39. The Labute approximate surface area is 148 Å². The van der Waals surface area contributed by atoms with Crippen molar-refractivity contribution in [3.8, 4) is 0 Å². The van der Waals surface area contributed by atoms with Crippen molar-refractivity contribution in [2.45, 2.75) is 12.8 Å². The molecule has 0 fully saturated rings. The van der Waals surface area contributed by atoms with Gasteiger partial charge in [0.25, 0.3) is 5.91 Å². The maximum Gasteiger partial charge on any atom is 0.251 e. The number of hydrogen-bond donors (Lipinski definition) is 2. The number of halogens is 2. The van der Waals surface area contributed by atoms with Crippen LogP contribution < -0.4 is 10.6 Å². The van der Waals surface area contributed by atoms with Crippen LogP contribution in [-0.4, -0.2) is 24.9 Å². The largest absolute Gasteiger partial charge is 0.356 e. The van der Waals surface area contributed by atoms with Gasteiger partial charge in [0.1, 0.15) is 5.82 Å². The van der Waals surface area contributed by atoms with Crippen molar-refractivity contribution in [1.29, 1.82) is 0 Å². The quantitative estimate of drug-likeness (QED) is 0.760. The third kappa shape index (κ3) is 6.12. The van der Waals surface area contributed by atoms with Crippen LogP contribution >= 0.6 is 15.9 Å². The van der Waals surface area contributed by atoms with E-state index >= 15 is 0 Å². The lowest BCUT2D eigenvalue weighted by Gasteiger charge is -2.07. The maximum atomic E-state index is 13.0. The zero-order valence-corrected chi connectivity index (χ0v) is 14.6. The average molecular weight is 393 g/mol. The Balaban J connectivity index is 1.64. The Hall–Kier alpha value is -2.21. The van der Waals surface area contributed by atoms with Crippen LogP contribution in [0.5, 0.6) is 0 Å². The molecular weight excluding hydrogens is 375 g/mol.